The van der Waals surface area contributed by atoms with Gasteiger partial charge in [0.2, 0.25) is 9.84 Å². The first-order valence-electron chi connectivity index (χ1n) is 6.63. The van der Waals surface area contributed by atoms with E-state index in [1.807, 2.05) is 0 Å². The molecule has 0 bridgehead atoms. The molecule has 6 heteroatoms. The second-order valence-corrected chi connectivity index (χ2v) is 6.67. The smallest absolute Gasteiger partial charge is 0.303 e. The molecule has 2 aromatic rings. The fourth-order valence-electron chi connectivity index (χ4n) is 2.01. The van der Waals surface area contributed by atoms with Crippen molar-refractivity contribution in [2.24, 2.45) is 0 Å². The predicted molar refractivity (Wildman–Crippen MR) is 80.8 cm³/mol. The molecule has 0 saturated heterocycles. The largest absolute Gasteiger partial charge is 0.497 e. The summed E-state index contributed by atoms with van der Waals surface area (Å²) in [6.45, 7) is 0. The highest BCUT2D eigenvalue weighted by Gasteiger charge is 2.18. The normalized spacial score (nSPS) is 11.1. The number of rotatable bonds is 6. The predicted octanol–water partition coefficient (Wildman–Crippen LogP) is 2.55. The topological polar surface area (TPSA) is 80.7 Å². The quantitative estimate of drug-likeness (QED) is 0.884. The van der Waals surface area contributed by atoms with Crippen molar-refractivity contribution in [1.29, 1.82) is 0 Å². The molecule has 0 heterocycles. The fourth-order valence-corrected chi connectivity index (χ4v) is 3.34. The summed E-state index contributed by atoms with van der Waals surface area (Å²) in [5, 5.41) is 8.70. The second-order valence-electron chi connectivity index (χ2n) is 4.72. The van der Waals surface area contributed by atoms with E-state index in [2.05, 4.69) is 0 Å². The van der Waals surface area contributed by atoms with E-state index in [4.69, 9.17) is 9.84 Å². The van der Waals surface area contributed by atoms with Crippen LogP contribution in [0.2, 0.25) is 0 Å². The third-order valence-corrected chi connectivity index (χ3v) is 4.97. The number of carbonyl (C=O) groups is 1. The van der Waals surface area contributed by atoms with Crippen molar-refractivity contribution in [2.45, 2.75) is 22.6 Å². The Kier molecular flexibility index (Phi) is 4.82. The molecule has 0 saturated carbocycles. The maximum absolute atomic E-state index is 12.6. The highest BCUT2D eigenvalue weighted by Crippen LogP contribution is 2.24. The van der Waals surface area contributed by atoms with E-state index in [9.17, 15) is 13.2 Å². The molecular formula is C16H16O5S. The molecule has 0 amide bonds. The van der Waals surface area contributed by atoms with Crippen LogP contribution in [-0.2, 0) is 21.1 Å². The van der Waals surface area contributed by atoms with E-state index in [0.29, 0.717) is 17.7 Å². The summed E-state index contributed by atoms with van der Waals surface area (Å²) in [7, 11) is -2.12. The molecular weight excluding hydrogens is 304 g/mol. The van der Waals surface area contributed by atoms with Gasteiger partial charge in [-0.3, -0.25) is 4.79 Å². The van der Waals surface area contributed by atoms with Gasteiger partial charge in [0.25, 0.3) is 0 Å². The molecule has 0 radical (unpaired) electrons. The van der Waals surface area contributed by atoms with Gasteiger partial charge in [-0.05, 0) is 48.4 Å². The molecule has 1 N–H and O–H groups in total. The van der Waals surface area contributed by atoms with E-state index in [-0.39, 0.29) is 16.2 Å². The molecule has 22 heavy (non-hydrogen) atoms. The van der Waals surface area contributed by atoms with Gasteiger partial charge in [-0.1, -0.05) is 12.1 Å². The maximum Gasteiger partial charge on any atom is 0.303 e. The van der Waals surface area contributed by atoms with Gasteiger partial charge in [0.15, 0.2) is 0 Å². The summed E-state index contributed by atoms with van der Waals surface area (Å²) < 4.78 is 30.1. The number of aryl methyl sites for hydroxylation is 1. The molecule has 5 nitrogen and oxygen atoms in total. The molecule has 2 aromatic carbocycles. The zero-order chi connectivity index (χ0) is 16.2. The van der Waals surface area contributed by atoms with Crippen LogP contribution < -0.4 is 4.74 Å². The molecule has 0 spiro atoms. The van der Waals surface area contributed by atoms with Gasteiger partial charge >= 0.3 is 5.97 Å². The van der Waals surface area contributed by atoms with Gasteiger partial charge in [0.1, 0.15) is 5.75 Å². The summed E-state index contributed by atoms with van der Waals surface area (Å²) in [6.07, 6.45) is 0.257. The summed E-state index contributed by atoms with van der Waals surface area (Å²) >= 11 is 0. The minimum atomic E-state index is -3.63. The molecule has 2 rings (SSSR count). The van der Waals surface area contributed by atoms with Gasteiger partial charge < -0.3 is 9.84 Å². The number of carboxylic acid groups (broad SMARTS) is 1. The first-order chi connectivity index (χ1) is 10.4. The maximum atomic E-state index is 12.6. The van der Waals surface area contributed by atoms with Crippen molar-refractivity contribution in [3.63, 3.8) is 0 Å². The average Bonchev–Trinajstić information content (AvgIpc) is 2.53. The molecule has 0 aliphatic rings. The van der Waals surface area contributed by atoms with Crippen LogP contribution in [0.1, 0.15) is 12.0 Å². The van der Waals surface area contributed by atoms with Crippen LogP contribution in [0.15, 0.2) is 58.3 Å². The van der Waals surface area contributed by atoms with Crippen LogP contribution in [0, 0.1) is 0 Å². The number of aliphatic carboxylic acids is 1. The molecule has 0 aliphatic carbocycles. The van der Waals surface area contributed by atoms with Gasteiger partial charge in [-0.2, -0.15) is 0 Å². The summed E-state index contributed by atoms with van der Waals surface area (Å²) in [4.78, 5) is 10.9. The highest BCUT2D eigenvalue weighted by atomic mass is 32.2. The lowest BCUT2D eigenvalue weighted by Gasteiger charge is -2.07. The Morgan fingerprint density at radius 3 is 2.36 bits per heavy atom. The van der Waals surface area contributed by atoms with Crippen molar-refractivity contribution < 1.29 is 23.1 Å². The van der Waals surface area contributed by atoms with Crippen molar-refractivity contribution >= 4 is 15.8 Å². The average molecular weight is 320 g/mol. The number of hydrogen-bond acceptors (Lipinski definition) is 4. The Labute approximate surface area is 129 Å². The van der Waals surface area contributed by atoms with Gasteiger partial charge in [0.05, 0.1) is 16.9 Å². The first kappa shape index (κ1) is 16.0. The van der Waals surface area contributed by atoms with Crippen LogP contribution in [0.25, 0.3) is 0 Å². The zero-order valence-electron chi connectivity index (χ0n) is 12.0. The second kappa shape index (κ2) is 6.62. The first-order valence-corrected chi connectivity index (χ1v) is 8.11. The van der Waals surface area contributed by atoms with Gasteiger partial charge in [-0.25, -0.2) is 8.42 Å². The van der Waals surface area contributed by atoms with Crippen LogP contribution in [0.3, 0.4) is 0 Å². The minimum absolute atomic E-state index is 0.0357. The monoisotopic (exact) mass is 320 g/mol. The Hall–Kier alpha value is -2.34. The van der Waals surface area contributed by atoms with Crippen LogP contribution in [0.4, 0.5) is 0 Å². The van der Waals surface area contributed by atoms with Crippen molar-refractivity contribution in [2.75, 3.05) is 7.11 Å². The minimum Gasteiger partial charge on any atom is -0.497 e. The number of methoxy groups -OCH3 is 1. The number of sulfone groups is 1. The van der Waals surface area contributed by atoms with E-state index >= 15 is 0 Å². The van der Waals surface area contributed by atoms with Crippen LogP contribution in [0.5, 0.6) is 5.75 Å². The SMILES string of the molecule is COc1ccc(S(=O)(=O)c2cccc(CCC(=O)O)c2)cc1. The molecule has 0 atom stereocenters. The van der Waals surface area contributed by atoms with Crippen molar-refractivity contribution in [1.82, 2.24) is 0 Å². The van der Waals surface area contributed by atoms with E-state index in [1.54, 1.807) is 24.3 Å². The molecule has 116 valence electrons. The molecule has 0 fully saturated rings. The number of carboxylic acids is 1. The van der Waals surface area contributed by atoms with Crippen LogP contribution >= 0.6 is 0 Å². The van der Waals surface area contributed by atoms with Gasteiger partial charge in [0, 0.05) is 6.42 Å². The lowest BCUT2D eigenvalue weighted by Crippen LogP contribution is -2.03. The standard InChI is InChI=1S/C16H16O5S/c1-21-13-6-8-14(9-7-13)22(19,20)15-4-2-3-12(11-15)5-10-16(17)18/h2-4,6-9,11H,5,10H2,1H3,(H,17,18). The summed E-state index contributed by atoms with van der Waals surface area (Å²) in [6, 6.07) is 12.5. The lowest BCUT2D eigenvalue weighted by atomic mass is 10.1. The van der Waals surface area contributed by atoms with E-state index < -0.39 is 15.8 Å². The molecule has 0 aromatic heterocycles. The van der Waals surface area contributed by atoms with Crippen molar-refractivity contribution in [3.8, 4) is 5.75 Å². The fraction of sp³-hybridized carbons (Fsp3) is 0.188. The highest BCUT2D eigenvalue weighted by molar-refractivity contribution is 7.91. The Balaban J connectivity index is 2.32. The summed E-state index contributed by atoms with van der Waals surface area (Å²) in [5.74, 6) is -0.336. The summed E-state index contributed by atoms with van der Waals surface area (Å²) in [5.41, 5.74) is 0.678. The Morgan fingerprint density at radius 2 is 1.77 bits per heavy atom. The lowest BCUT2D eigenvalue weighted by molar-refractivity contribution is -0.136. The number of benzene rings is 2. The zero-order valence-corrected chi connectivity index (χ0v) is 12.8. The Morgan fingerprint density at radius 1 is 1.09 bits per heavy atom. The third-order valence-electron chi connectivity index (χ3n) is 3.21. The number of hydrogen-bond donors (Lipinski definition) is 1. The van der Waals surface area contributed by atoms with Gasteiger partial charge in [-0.15, -0.1) is 0 Å². The van der Waals surface area contributed by atoms with E-state index in [1.165, 1.54) is 31.4 Å². The van der Waals surface area contributed by atoms with Crippen LogP contribution in [-0.4, -0.2) is 26.6 Å². The van der Waals surface area contributed by atoms with E-state index in [0.717, 1.165) is 0 Å². The molecule has 0 unspecified atom stereocenters. The third kappa shape index (κ3) is 3.65. The number of ether oxygens (including phenoxy) is 1. The molecule has 0 aliphatic heterocycles. The van der Waals surface area contributed by atoms with Crippen molar-refractivity contribution in [3.05, 3.63) is 54.1 Å². The Bertz CT molecular complexity index is 763.